The first-order valence-electron chi connectivity index (χ1n) is 8.79. The van der Waals surface area contributed by atoms with Crippen LogP contribution in [0.3, 0.4) is 0 Å². The molecule has 0 aliphatic rings. The average Bonchev–Trinajstić information content (AvgIpc) is 3.00. The zero-order valence-corrected chi connectivity index (χ0v) is 15.9. The predicted molar refractivity (Wildman–Crippen MR) is 106 cm³/mol. The molecule has 1 unspecified atom stereocenters. The molecule has 0 radical (unpaired) electrons. The Morgan fingerprint density at radius 3 is 2.43 bits per heavy atom. The van der Waals surface area contributed by atoms with Crippen LogP contribution in [0.25, 0.3) is 5.69 Å². The third-order valence-electron chi connectivity index (χ3n) is 4.55. The number of aromatic nitrogens is 2. The van der Waals surface area contributed by atoms with Gasteiger partial charge in [-0.15, -0.1) is 0 Å². The average molecular weight is 369 g/mol. The smallest absolute Gasteiger partial charge is 0.225 e. The summed E-state index contributed by atoms with van der Waals surface area (Å²) in [6, 6.07) is 19.8. The SMILES string of the molecule is CC(=O)N(c1c(C)nn(-c2ccccc2)c1C)C(C#N)c1cccc(C#N)c1. The minimum Gasteiger partial charge on any atom is -0.288 e. The molecule has 0 bridgehead atoms. The van der Waals surface area contributed by atoms with Gasteiger partial charge in [-0.3, -0.25) is 9.69 Å². The van der Waals surface area contributed by atoms with Crippen molar-refractivity contribution in [2.24, 2.45) is 0 Å². The Bertz CT molecular complexity index is 1100. The fourth-order valence-electron chi connectivity index (χ4n) is 3.33. The zero-order chi connectivity index (χ0) is 20.3. The maximum atomic E-state index is 12.6. The quantitative estimate of drug-likeness (QED) is 0.696. The molecule has 0 saturated carbocycles. The molecular weight excluding hydrogens is 350 g/mol. The van der Waals surface area contributed by atoms with E-state index in [0.29, 0.717) is 22.5 Å². The van der Waals surface area contributed by atoms with E-state index >= 15 is 0 Å². The van der Waals surface area contributed by atoms with Crippen molar-refractivity contribution in [3.05, 3.63) is 77.1 Å². The lowest BCUT2D eigenvalue weighted by Gasteiger charge is -2.27. The minimum atomic E-state index is -0.864. The van der Waals surface area contributed by atoms with Crippen LogP contribution in [0, 0.1) is 36.5 Å². The predicted octanol–water partition coefficient (Wildman–Crippen LogP) is 3.98. The summed E-state index contributed by atoms with van der Waals surface area (Å²) < 4.78 is 1.76. The van der Waals surface area contributed by atoms with Gasteiger partial charge in [0.25, 0.3) is 0 Å². The van der Waals surface area contributed by atoms with E-state index in [9.17, 15) is 15.3 Å². The van der Waals surface area contributed by atoms with E-state index in [4.69, 9.17) is 0 Å². The molecule has 3 rings (SSSR count). The number of para-hydroxylation sites is 1. The molecule has 0 saturated heterocycles. The topological polar surface area (TPSA) is 85.7 Å². The van der Waals surface area contributed by atoms with Crippen LogP contribution in [0.2, 0.25) is 0 Å². The Labute approximate surface area is 163 Å². The van der Waals surface area contributed by atoms with Crippen LogP contribution in [0.4, 0.5) is 5.69 Å². The van der Waals surface area contributed by atoms with Crippen LogP contribution in [0.15, 0.2) is 54.6 Å². The third kappa shape index (κ3) is 3.36. The van der Waals surface area contributed by atoms with Gasteiger partial charge in [-0.25, -0.2) is 4.68 Å². The number of rotatable bonds is 4. The second-order valence-corrected chi connectivity index (χ2v) is 6.42. The number of carbonyl (C=O) groups is 1. The van der Waals surface area contributed by atoms with Crippen molar-refractivity contribution in [1.82, 2.24) is 9.78 Å². The number of nitrogens with zero attached hydrogens (tertiary/aromatic N) is 5. The van der Waals surface area contributed by atoms with E-state index in [0.717, 1.165) is 11.4 Å². The molecule has 1 atom stereocenters. The lowest BCUT2D eigenvalue weighted by atomic mass is 10.0. The van der Waals surface area contributed by atoms with E-state index in [-0.39, 0.29) is 5.91 Å². The summed E-state index contributed by atoms with van der Waals surface area (Å²) in [7, 11) is 0. The van der Waals surface area contributed by atoms with Crippen molar-refractivity contribution in [2.45, 2.75) is 26.8 Å². The van der Waals surface area contributed by atoms with Gasteiger partial charge in [0.15, 0.2) is 0 Å². The molecule has 138 valence electrons. The van der Waals surface area contributed by atoms with Gasteiger partial charge in [-0.2, -0.15) is 15.6 Å². The second kappa shape index (κ2) is 7.77. The van der Waals surface area contributed by atoms with Crippen LogP contribution in [0.5, 0.6) is 0 Å². The molecule has 0 aliphatic carbocycles. The highest BCUT2D eigenvalue weighted by Crippen LogP contribution is 2.33. The van der Waals surface area contributed by atoms with Gasteiger partial charge in [0.1, 0.15) is 6.04 Å². The van der Waals surface area contributed by atoms with Gasteiger partial charge < -0.3 is 0 Å². The van der Waals surface area contributed by atoms with Crippen molar-refractivity contribution in [3.63, 3.8) is 0 Å². The lowest BCUT2D eigenvalue weighted by Crippen LogP contribution is -2.33. The summed E-state index contributed by atoms with van der Waals surface area (Å²) in [5.41, 5.74) is 3.91. The molecule has 0 fully saturated rings. The van der Waals surface area contributed by atoms with Gasteiger partial charge in [0, 0.05) is 6.92 Å². The summed E-state index contributed by atoms with van der Waals surface area (Å²) in [6.45, 7) is 5.12. The van der Waals surface area contributed by atoms with Crippen LogP contribution >= 0.6 is 0 Å². The summed E-state index contributed by atoms with van der Waals surface area (Å²) in [5, 5.41) is 23.6. The number of hydrogen-bond acceptors (Lipinski definition) is 4. The van der Waals surface area contributed by atoms with E-state index < -0.39 is 6.04 Å². The summed E-state index contributed by atoms with van der Waals surface area (Å²) >= 11 is 0. The zero-order valence-electron chi connectivity index (χ0n) is 15.9. The van der Waals surface area contributed by atoms with Gasteiger partial charge >= 0.3 is 0 Å². The first-order valence-corrected chi connectivity index (χ1v) is 8.79. The summed E-state index contributed by atoms with van der Waals surface area (Å²) in [4.78, 5) is 14.0. The van der Waals surface area contributed by atoms with E-state index in [1.807, 2.05) is 44.2 Å². The molecule has 1 amide bonds. The molecule has 0 spiro atoms. The van der Waals surface area contributed by atoms with Crippen LogP contribution < -0.4 is 4.90 Å². The van der Waals surface area contributed by atoms with Gasteiger partial charge in [-0.1, -0.05) is 30.3 Å². The number of hydrogen-bond donors (Lipinski definition) is 0. The van der Waals surface area contributed by atoms with Crippen molar-refractivity contribution >= 4 is 11.6 Å². The molecule has 6 nitrogen and oxygen atoms in total. The van der Waals surface area contributed by atoms with Crippen LogP contribution in [-0.2, 0) is 4.79 Å². The Morgan fingerprint density at radius 1 is 1.11 bits per heavy atom. The van der Waals surface area contributed by atoms with E-state index in [1.54, 1.807) is 28.9 Å². The maximum Gasteiger partial charge on any atom is 0.225 e. The molecule has 0 aliphatic heterocycles. The molecule has 1 heterocycles. The number of carbonyl (C=O) groups excluding carboxylic acids is 1. The van der Waals surface area contributed by atoms with E-state index in [2.05, 4.69) is 17.2 Å². The van der Waals surface area contributed by atoms with Crippen molar-refractivity contribution in [1.29, 1.82) is 10.5 Å². The Hall–Kier alpha value is -3.90. The number of anilines is 1. The summed E-state index contributed by atoms with van der Waals surface area (Å²) in [6.07, 6.45) is 0. The Balaban J connectivity index is 2.15. The molecule has 3 aromatic rings. The molecule has 1 aromatic heterocycles. The van der Waals surface area contributed by atoms with Gasteiger partial charge in [0.05, 0.1) is 40.5 Å². The monoisotopic (exact) mass is 369 g/mol. The molecular formula is C22H19N5O. The fourth-order valence-corrected chi connectivity index (χ4v) is 3.33. The number of aryl methyl sites for hydroxylation is 1. The van der Waals surface area contributed by atoms with Gasteiger partial charge in [0.2, 0.25) is 5.91 Å². The highest BCUT2D eigenvalue weighted by molar-refractivity contribution is 5.94. The molecule has 28 heavy (non-hydrogen) atoms. The van der Waals surface area contributed by atoms with Crippen molar-refractivity contribution in [2.75, 3.05) is 4.90 Å². The largest absolute Gasteiger partial charge is 0.288 e. The van der Waals surface area contributed by atoms with Gasteiger partial charge in [-0.05, 0) is 43.7 Å². The third-order valence-corrected chi connectivity index (χ3v) is 4.55. The maximum absolute atomic E-state index is 12.6. The highest BCUT2D eigenvalue weighted by atomic mass is 16.2. The van der Waals surface area contributed by atoms with Crippen LogP contribution in [0.1, 0.15) is 35.5 Å². The molecule has 2 aromatic carbocycles. The number of benzene rings is 2. The fraction of sp³-hybridized carbons (Fsp3) is 0.182. The Morgan fingerprint density at radius 2 is 1.82 bits per heavy atom. The number of amides is 1. The summed E-state index contributed by atoms with van der Waals surface area (Å²) in [5.74, 6) is -0.271. The second-order valence-electron chi connectivity index (χ2n) is 6.42. The molecule has 6 heteroatoms. The Kier molecular flexibility index (Phi) is 5.24. The normalized spacial score (nSPS) is 11.3. The first-order chi connectivity index (χ1) is 13.5. The highest BCUT2D eigenvalue weighted by Gasteiger charge is 2.30. The van der Waals surface area contributed by atoms with Crippen molar-refractivity contribution in [3.8, 4) is 17.8 Å². The number of nitriles is 2. The van der Waals surface area contributed by atoms with Crippen molar-refractivity contribution < 1.29 is 4.79 Å². The lowest BCUT2D eigenvalue weighted by molar-refractivity contribution is -0.116. The minimum absolute atomic E-state index is 0.271. The molecule has 0 N–H and O–H groups in total. The first kappa shape index (κ1) is 18.9. The standard InChI is InChI=1S/C22H19N5O/c1-15-22(16(2)27(25-15)20-10-5-4-6-11-20)26(17(3)28)21(14-24)19-9-7-8-18(12-19)13-23/h4-12,21H,1-3H3. The van der Waals surface area contributed by atoms with Crippen LogP contribution in [-0.4, -0.2) is 15.7 Å². The van der Waals surface area contributed by atoms with E-state index in [1.165, 1.54) is 11.8 Å².